The van der Waals surface area contributed by atoms with Crippen LogP contribution >= 0.6 is 11.6 Å². The molecule has 0 amide bonds. The number of aliphatic hydroxyl groups excluding tert-OH is 1. The third kappa shape index (κ3) is 1.91. The van der Waals surface area contributed by atoms with Crippen molar-refractivity contribution < 1.29 is 9.50 Å². The van der Waals surface area contributed by atoms with Crippen LogP contribution in [-0.2, 0) is 0 Å². The molecular weight excluding hydrogens is 167 g/mol. The maximum atomic E-state index is 12.5. The summed E-state index contributed by atoms with van der Waals surface area (Å²) in [4.78, 5) is 0. The van der Waals surface area contributed by atoms with Crippen LogP contribution in [0.5, 0.6) is 0 Å². The molecular formula is C8H8ClFO. The van der Waals surface area contributed by atoms with E-state index in [0.717, 1.165) is 0 Å². The van der Waals surface area contributed by atoms with Crippen molar-refractivity contribution in [2.24, 2.45) is 0 Å². The molecule has 0 saturated carbocycles. The summed E-state index contributed by atoms with van der Waals surface area (Å²) < 4.78 is 12.5. The fourth-order valence-electron chi connectivity index (χ4n) is 0.772. The minimum absolute atomic E-state index is 0.0448. The Hall–Kier alpha value is -0.600. The molecule has 1 aromatic rings. The average Bonchev–Trinajstić information content (AvgIpc) is 1.94. The summed E-state index contributed by atoms with van der Waals surface area (Å²) in [6.45, 7) is 1.60. The molecule has 0 fully saturated rings. The molecule has 0 aliphatic heterocycles. The summed E-state index contributed by atoms with van der Waals surface area (Å²) in [6.07, 6.45) is -0.604. The van der Waals surface area contributed by atoms with Crippen LogP contribution in [0.1, 0.15) is 18.6 Å². The number of hydrogen-bond acceptors (Lipinski definition) is 1. The van der Waals surface area contributed by atoms with Gasteiger partial charge in [-0.25, -0.2) is 4.39 Å². The van der Waals surface area contributed by atoms with E-state index in [1.807, 2.05) is 0 Å². The fraction of sp³-hybridized carbons (Fsp3) is 0.250. The number of aliphatic hydroxyl groups is 1. The molecule has 0 bridgehead atoms. The van der Waals surface area contributed by atoms with Gasteiger partial charge in [0.05, 0.1) is 11.1 Å². The first-order valence-electron chi connectivity index (χ1n) is 3.24. The molecule has 3 heteroatoms. The van der Waals surface area contributed by atoms with Gasteiger partial charge in [0.2, 0.25) is 0 Å². The van der Waals surface area contributed by atoms with Gasteiger partial charge < -0.3 is 5.11 Å². The van der Waals surface area contributed by atoms with Crippen molar-refractivity contribution >= 4 is 11.6 Å². The molecule has 11 heavy (non-hydrogen) atoms. The first-order valence-corrected chi connectivity index (χ1v) is 3.62. The minimum Gasteiger partial charge on any atom is -0.389 e. The Kier molecular flexibility index (Phi) is 2.47. The Morgan fingerprint density at radius 2 is 2.18 bits per heavy atom. The van der Waals surface area contributed by atoms with Crippen LogP contribution in [0.4, 0.5) is 4.39 Å². The molecule has 0 spiro atoms. The van der Waals surface area contributed by atoms with Crippen molar-refractivity contribution in [2.45, 2.75) is 13.0 Å². The number of hydrogen-bond donors (Lipinski definition) is 1. The summed E-state index contributed by atoms with van der Waals surface area (Å²) in [7, 11) is 0. The molecule has 1 nitrogen and oxygen atoms in total. The summed E-state index contributed by atoms with van der Waals surface area (Å²) in [5.74, 6) is -0.462. The van der Waals surface area contributed by atoms with Crippen molar-refractivity contribution in [1.82, 2.24) is 0 Å². The lowest BCUT2D eigenvalue weighted by Gasteiger charge is -2.04. The standard InChI is InChI=1S/C8H8ClFO/c1-5(11)6-2-3-8(10)7(9)4-6/h2-5,11H,1H3/t5-/m1/s1. The van der Waals surface area contributed by atoms with E-state index in [1.54, 1.807) is 6.92 Å². The van der Waals surface area contributed by atoms with E-state index in [-0.39, 0.29) is 5.02 Å². The predicted octanol–water partition coefficient (Wildman–Crippen LogP) is 2.53. The van der Waals surface area contributed by atoms with Gasteiger partial charge in [-0.1, -0.05) is 17.7 Å². The Morgan fingerprint density at radius 1 is 1.55 bits per heavy atom. The highest BCUT2D eigenvalue weighted by Crippen LogP contribution is 2.19. The van der Waals surface area contributed by atoms with E-state index in [0.29, 0.717) is 5.56 Å². The summed E-state index contributed by atoms with van der Waals surface area (Å²) in [6, 6.07) is 4.16. The first-order chi connectivity index (χ1) is 5.11. The molecule has 1 atom stereocenters. The maximum Gasteiger partial charge on any atom is 0.141 e. The Morgan fingerprint density at radius 3 is 2.64 bits per heavy atom. The second-order valence-electron chi connectivity index (χ2n) is 2.35. The number of benzene rings is 1. The Balaban J connectivity index is 3.05. The van der Waals surface area contributed by atoms with Gasteiger partial charge in [-0.3, -0.25) is 0 Å². The zero-order chi connectivity index (χ0) is 8.43. The third-order valence-corrected chi connectivity index (χ3v) is 1.72. The van der Waals surface area contributed by atoms with Gasteiger partial charge in [-0.15, -0.1) is 0 Å². The second-order valence-corrected chi connectivity index (χ2v) is 2.76. The van der Waals surface area contributed by atoms with Gasteiger partial charge in [-0.2, -0.15) is 0 Å². The largest absolute Gasteiger partial charge is 0.389 e. The quantitative estimate of drug-likeness (QED) is 0.694. The molecule has 1 aromatic carbocycles. The van der Waals surface area contributed by atoms with Gasteiger partial charge in [-0.05, 0) is 24.6 Å². The minimum atomic E-state index is -0.604. The molecule has 0 heterocycles. The summed E-state index contributed by atoms with van der Waals surface area (Å²) in [5, 5.41) is 9.10. The van der Waals surface area contributed by atoms with Crippen molar-refractivity contribution in [2.75, 3.05) is 0 Å². The van der Waals surface area contributed by atoms with Gasteiger partial charge in [0.25, 0.3) is 0 Å². The normalized spacial score (nSPS) is 13.1. The Bertz CT molecular complexity index is 260. The lowest BCUT2D eigenvalue weighted by molar-refractivity contribution is 0.199. The monoisotopic (exact) mass is 174 g/mol. The molecule has 1 N–H and O–H groups in total. The van der Waals surface area contributed by atoms with Crippen LogP contribution < -0.4 is 0 Å². The topological polar surface area (TPSA) is 20.2 Å². The maximum absolute atomic E-state index is 12.5. The number of halogens is 2. The van der Waals surface area contributed by atoms with Gasteiger partial charge in [0.15, 0.2) is 0 Å². The van der Waals surface area contributed by atoms with Crippen molar-refractivity contribution in [3.63, 3.8) is 0 Å². The van der Waals surface area contributed by atoms with Crippen LogP contribution in [0.3, 0.4) is 0 Å². The van der Waals surface area contributed by atoms with Crippen LogP contribution in [-0.4, -0.2) is 5.11 Å². The van der Waals surface area contributed by atoms with Crippen LogP contribution in [0, 0.1) is 5.82 Å². The molecule has 0 radical (unpaired) electrons. The predicted molar refractivity (Wildman–Crippen MR) is 42.0 cm³/mol. The van der Waals surface area contributed by atoms with Gasteiger partial charge in [0, 0.05) is 0 Å². The zero-order valence-corrected chi connectivity index (χ0v) is 6.77. The SMILES string of the molecule is C[C@@H](O)c1ccc(F)c(Cl)c1. The highest BCUT2D eigenvalue weighted by molar-refractivity contribution is 6.30. The van der Waals surface area contributed by atoms with Gasteiger partial charge >= 0.3 is 0 Å². The Labute approximate surface area is 69.4 Å². The lowest BCUT2D eigenvalue weighted by atomic mass is 10.1. The zero-order valence-electron chi connectivity index (χ0n) is 6.01. The molecule has 0 saturated heterocycles. The van der Waals surface area contributed by atoms with E-state index >= 15 is 0 Å². The van der Waals surface area contributed by atoms with Crippen LogP contribution in [0.15, 0.2) is 18.2 Å². The van der Waals surface area contributed by atoms with Crippen molar-refractivity contribution in [3.8, 4) is 0 Å². The van der Waals surface area contributed by atoms with Crippen LogP contribution in [0.2, 0.25) is 5.02 Å². The summed E-state index contributed by atoms with van der Waals surface area (Å²) >= 11 is 5.47. The van der Waals surface area contributed by atoms with E-state index in [1.165, 1.54) is 18.2 Å². The van der Waals surface area contributed by atoms with E-state index in [2.05, 4.69) is 0 Å². The van der Waals surface area contributed by atoms with Gasteiger partial charge in [0.1, 0.15) is 5.82 Å². The highest BCUT2D eigenvalue weighted by Gasteiger charge is 2.03. The molecule has 0 aromatic heterocycles. The van der Waals surface area contributed by atoms with E-state index < -0.39 is 11.9 Å². The lowest BCUT2D eigenvalue weighted by Crippen LogP contribution is -1.91. The molecule has 60 valence electrons. The first kappa shape index (κ1) is 8.50. The molecule has 0 aliphatic carbocycles. The van der Waals surface area contributed by atoms with Crippen molar-refractivity contribution in [1.29, 1.82) is 0 Å². The highest BCUT2D eigenvalue weighted by atomic mass is 35.5. The molecule has 0 unspecified atom stereocenters. The second kappa shape index (κ2) is 3.20. The third-order valence-electron chi connectivity index (χ3n) is 1.43. The van der Waals surface area contributed by atoms with Crippen LogP contribution in [0.25, 0.3) is 0 Å². The molecule has 1 rings (SSSR count). The summed E-state index contributed by atoms with van der Waals surface area (Å²) in [5.41, 5.74) is 0.622. The average molecular weight is 175 g/mol. The number of rotatable bonds is 1. The smallest absolute Gasteiger partial charge is 0.141 e. The van der Waals surface area contributed by atoms with E-state index in [4.69, 9.17) is 16.7 Å². The molecule has 0 aliphatic rings. The fourth-order valence-corrected chi connectivity index (χ4v) is 0.961. The van der Waals surface area contributed by atoms with Crippen molar-refractivity contribution in [3.05, 3.63) is 34.6 Å². The van der Waals surface area contributed by atoms with E-state index in [9.17, 15) is 4.39 Å².